The van der Waals surface area contributed by atoms with Crippen molar-refractivity contribution >= 4 is 22.6 Å². The zero-order valence-electron chi connectivity index (χ0n) is 12.7. The molecule has 2 N–H and O–H groups in total. The largest absolute Gasteiger partial charge is 0.358 e. The Morgan fingerprint density at radius 3 is 2.41 bits per heavy atom. The maximum atomic E-state index is 12.6. The van der Waals surface area contributed by atoms with E-state index in [0.717, 1.165) is 16.6 Å². The van der Waals surface area contributed by atoms with Crippen LogP contribution < -0.4 is 5.32 Å². The molecular weight excluding hydrogens is 276 g/mol. The smallest absolute Gasteiger partial charge is 0.292 e. The van der Waals surface area contributed by atoms with E-state index < -0.39 is 11.7 Å². The van der Waals surface area contributed by atoms with Gasteiger partial charge in [-0.2, -0.15) is 0 Å². The van der Waals surface area contributed by atoms with Gasteiger partial charge in [0.15, 0.2) is 0 Å². The van der Waals surface area contributed by atoms with Crippen LogP contribution in [-0.4, -0.2) is 22.7 Å². The average molecular weight is 296 g/mol. The summed E-state index contributed by atoms with van der Waals surface area (Å²) in [4.78, 5) is 28.3. The van der Waals surface area contributed by atoms with Gasteiger partial charge in [-0.15, -0.1) is 0 Å². The monoisotopic (exact) mass is 296 g/mol. The number of para-hydroxylation sites is 1. The Morgan fingerprint density at radius 1 is 1.14 bits per heavy atom. The summed E-state index contributed by atoms with van der Waals surface area (Å²) in [6.07, 6.45) is 4.73. The molecule has 0 unspecified atom stereocenters. The number of carbonyl (C=O) groups is 2. The van der Waals surface area contributed by atoms with Gasteiger partial charge in [-0.25, -0.2) is 0 Å². The number of H-pyrrole nitrogens is 1. The number of rotatable bonds is 5. The minimum Gasteiger partial charge on any atom is -0.358 e. The molecule has 4 heteroatoms. The molecule has 114 valence electrons. The molecule has 1 aromatic carbocycles. The highest BCUT2D eigenvalue weighted by atomic mass is 16.2. The molecule has 0 aliphatic heterocycles. The number of hydrogen-bond donors (Lipinski definition) is 2. The van der Waals surface area contributed by atoms with Crippen molar-refractivity contribution in [3.63, 3.8) is 0 Å². The number of hydrogen-bond acceptors (Lipinski definition) is 2. The Morgan fingerprint density at radius 2 is 1.77 bits per heavy atom. The van der Waals surface area contributed by atoms with E-state index >= 15 is 0 Å². The zero-order chi connectivity index (χ0) is 15.3. The predicted octanol–water partition coefficient (Wildman–Crippen LogP) is 2.96. The first-order chi connectivity index (χ1) is 10.6. The molecule has 4 rings (SSSR count). The van der Waals surface area contributed by atoms with Crippen molar-refractivity contribution in [1.82, 2.24) is 10.3 Å². The zero-order valence-corrected chi connectivity index (χ0v) is 12.7. The number of aromatic nitrogens is 1. The van der Waals surface area contributed by atoms with Crippen LogP contribution in [-0.2, 0) is 4.79 Å². The summed E-state index contributed by atoms with van der Waals surface area (Å²) in [6.45, 7) is 1.85. The number of aryl methyl sites for hydroxylation is 1. The second-order valence-corrected chi connectivity index (χ2v) is 6.67. The van der Waals surface area contributed by atoms with Gasteiger partial charge in [-0.1, -0.05) is 18.2 Å². The van der Waals surface area contributed by atoms with Gasteiger partial charge in [0.05, 0.1) is 5.56 Å². The summed E-state index contributed by atoms with van der Waals surface area (Å²) < 4.78 is 0. The summed E-state index contributed by atoms with van der Waals surface area (Å²) >= 11 is 0. The first-order valence-electron chi connectivity index (χ1n) is 8.07. The summed E-state index contributed by atoms with van der Waals surface area (Å²) in [5, 5.41) is 3.85. The lowest BCUT2D eigenvalue weighted by atomic mass is 10.0. The summed E-state index contributed by atoms with van der Waals surface area (Å²) in [5.74, 6) is 0.319. The number of nitrogens with one attached hydrogen (secondary N) is 2. The van der Waals surface area contributed by atoms with E-state index in [1.807, 2.05) is 31.2 Å². The number of ketones is 1. The lowest BCUT2D eigenvalue weighted by Crippen LogP contribution is -2.42. The van der Waals surface area contributed by atoms with Gasteiger partial charge in [0, 0.05) is 22.6 Å². The number of Topliss-reactive ketones (excluding diaryl/α,β-unsaturated/α-hetero) is 1. The molecule has 2 fully saturated rings. The molecule has 0 bridgehead atoms. The van der Waals surface area contributed by atoms with E-state index in [9.17, 15) is 9.59 Å². The van der Waals surface area contributed by atoms with Gasteiger partial charge >= 0.3 is 0 Å². The van der Waals surface area contributed by atoms with E-state index in [1.165, 1.54) is 25.7 Å². The number of fused-ring (bicyclic) bond motifs is 1. The number of aromatic amines is 1. The molecule has 2 aliphatic rings. The van der Waals surface area contributed by atoms with Crippen LogP contribution in [0.5, 0.6) is 0 Å². The van der Waals surface area contributed by atoms with Crippen molar-refractivity contribution in [3.8, 4) is 0 Å². The maximum Gasteiger partial charge on any atom is 0.292 e. The van der Waals surface area contributed by atoms with Crippen LogP contribution in [0.4, 0.5) is 0 Å². The second-order valence-electron chi connectivity index (χ2n) is 6.67. The fourth-order valence-corrected chi connectivity index (χ4v) is 3.43. The normalized spacial score (nSPS) is 17.9. The molecule has 1 amide bonds. The Balaban J connectivity index is 1.59. The Kier molecular flexibility index (Phi) is 3.06. The van der Waals surface area contributed by atoms with Crippen molar-refractivity contribution in [2.75, 3.05) is 0 Å². The third-order valence-corrected chi connectivity index (χ3v) is 4.88. The molecule has 2 saturated carbocycles. The Bertz CT molecular complexity index is 742. The minimum atomic E-state index is -0.448. The molecular formula is C18H20N2O2. The number of benzene rings is 1. The van der Waals surface area contributed by atoms with E-state index in [0.29, 0.717) is 17.4 Å². The van der Waals surface area contributed by atoms with Gasteiger partial charge < -0.3 is 10.3 Å². The fourth-order valence-electron chi connectivity index (χ4n) is 3.43. The lowest BCUT2D eigenvalue weighted by molar-refractivity contribution is -0.118. The van der Waals surface area contributed by atoms with Crippen molar-refractivity contribution in [2.45, 2.75) is 38.6 Å². The average Bonchev–Trinajstić information content (AvgIpc) is 3.40. The van der Waals surface area contributed by atoms with Gasteiger partial charge in [0.2, 0.25) is 0 Å². The van der Waals surface area contributed by atoms with Crippen molar-refractivity contribution in [3.05, 3.63) is 35.5 Å². The first-order valence-corrected chi connectivity index (χ1v) is 8.07. The third-order valence-electron chi connectivity index (χ3n) is 4.88. The summed E-state index contributed by atoms with van der Waals surface area (Å²) in [5.41, 5.74) is 2.17. The van der Waals surface area contributed by atoms with Crippen molar-refractivity contribution in [1.29, 1.82) is 0 Å². The molecule has 0 saturated heterocycles. The first kappa shape index (κ1) is 13.6. The maximum absolute atomic E-state index is 12.6. The SMILES string of the molecule is Cc1[nH]c2ccccc2c1C(=O)C(=O)NC(C1CC1)C1CC1. The van der Waals surface area contributed by atoms with Crippen LogP contribution in [0.3, 0.4) is 0 Å². The van der Waals surface area contributed by atoms with E-state index in [-0.39, 0.29) is 6.04 Å². The van der Waals surface area contributed by atoms with Gasteiger partial charge in [0.25, 0.3) is 11.7 Å². The van der Waals surface area contributed by atoms with E-state index in [4.69, 9.17) is 0 Å². The Labute approximate surface area is 129 Å². The number of carbonyl (C=O) groups excluding carboxylic acids is 2. The summed E-state index contributed by atoms with van der Waals surface area (Å²) in [7, 11) is 0. The molecule has 2 aromatic rings. The molecule has 0 radical (unpaired) electrons. The quantitative estimate of drug-likeness (QED) is 0.658. The molecule has 1 heterocycles. The second kappa shape index (κ2) is 4.97. The standard InChI is InChI=1S/C18H20N2O2/c1-10-15(13-4-2-3-5-14(13)19-10)17(21)18(22)20-16(11-6-7-11)12-8-9-12/h2-5,11-12,16,19H,6-9H2,1H3,(H,20,22). The topological polar surface area (TPSA) is 62.0 Å². The fraction of sp³-hybridized carbons (Fsp3) is 0.444. The molecule has 1 aromatic heterocycles. The number of amides is 1. The van der Waals surface area contributed by atoms with E-state index in [2.05, 4.69) is 10.3 Å². The van der Waals surface area contributed by atoms with Gasteiger partial charge in [-0.05, 0) is 50.5 Å². The molecule has 4 nitrogen and oxygen atoms in total. The highest BCUT2D eigenvalue weighted by molar-refractivity contribution is 6.45. The van der Waals surface area contributed by atoms with Gasteiger partial charge in [-0.3, -0.25) is 9.59 Å². The molecule has 0 atom stereocenters. The van der Waals surface area contributed by atoms with E-state index in [1.54, 1.807) is 0 Å². The highest BCUT2D eigenvalue weighted by Crippen LogP contribution is 2.44. The Hall–Kier alpha value is -2.10. The van der Waals surface area contributed by atoms with Crippen LogP contribution in [0, 0.1) is 18.8 Å². The van der Waals surface area contributed by atoms with Crippen LogP contribution in [0.2, 0.25) is 0 Å². The van der Waals surface area contributed by atoms with Crippen LogP contribution in [0.15, 0.2) is 24.3 Å². The van der Waals surface area contributed by atoms with Crippen LogP contribution in [0.25, 0.3) is 10.9 Å². The predicted molar refractivity (Wildman–Crippen MR) is 84.7 cm³/mol. The van der Waals surface area contributed by atoms with Crippen LogP contribution >= 0.6 is 0 Å². The van der Waals surface area contributed by atoms with Gasteiger partial charge in [0.1, 0.15) is 0 Å². The molecule has 0 spiro atoms. The minimum absolute atomic E-state index is 0.210. The molecule has 22 heavy (non-hydrogen) atoms. The molecule has 2 aliphatic carbocycles. The summed E-state index contributed by atoms with van der Waals surface area (Å²) in [6, 6.07) is 7.83. The van der Waals surface area contributed by atoms with Crippen molar-refractivity contribution < 1.29 is 9.59 Å². The highest BCUT2D eigenvalue weighted by Gasteiger charge is 2.43. The van der Waals surface area contributed by atoms with Crippen molar-refractivity contribution in [2.24, 2.45) is 11.8 Å². The third kappa shape index (κ3) is 2.32. The van der Waals surface area contributed by atoms with Crippen LogP contribution in [0.1, 0.15) is 41.7 Å². The lowest BCUT2D eigenvalue weighted by Gasteiger charge is -2.17.